The smallest absolute Gasteiger partial charge is 0.407 e. The molecule has 1 fully saturated rings. The predicted octanol–water partition coefficient (Wildman–Crippen LogP) is 2.41. The monoisotopic (exact) mass is 315 g/mol. The number of benzene rings is 1. The van der Waals surface area contributed by atoms with Gasteiger partial charge in [-0.15, -0.1) is 0 Å². The van der Waals surface area contributed by atoms with Gasteiger partial charge in [0, 0.05) is 13.1 Å². The fourth-order valence-electron chi connectivity index (χ4n) is 2.81. The van der Waals surface area contributed by atoms with Gasteiger partial charge >= 0.3 is 6.09 Å². The molecule has 1 aliphatic rings. The molecular weight excluding hydrogens is 294 g/mol. The molecule has 0 saturated heterocycles. The van der Waals surface area contributed by atoms with Crippen LogP contribution in [0.25, 0.3) is 0 Å². The quantitative estimate of drug-likeness (QED) is 0.683. The number of rotatable bonds is 4. The summed E-state index contributed by atoms with van der Waals surface area (Å²) < 4.78 is 5.21. The topological polar surface area (TPSA) is 82.4 Å². The number of hydrogen-bond donors (Lipinski definition) is 1. The highest BCUT2D eigenvalue weighted by atomic mass is 16.5. The van der Waals surface area contributed by atoms with Crippen LogP contribution in [0.5, 0.6) is 0 Å². The minimum Gasteiger partial charge on any atom is -0.445 e. The van der Waals surface area contributed by atoms with Gasteiger partial charge in [0.25, 0.3) is 0 Å². The summed E-state index contributed by atoms with van der Waals surface area (Å²) in [5.74, 6) is -0.613. The molecular formula is C17H21N3O3. The lowest BCUT2D eigenvalue weighted by Crippen LogP contribution is -2.48. The maximum atomic E-state index is 12.2. The first kappa shape index (κ1) is 16.8. The Morgan fingerprint density at radius 3 is 2.70 bits per heavy atom. The second-order valence-electron chi connectivity index (χ2n) is 5.70. The van der Waals surface area contributed by atoms with E-state index in [1.54, 1.807) is 0 Å². The average molecular weight is 315 g/mol. The largest absolute Gasteiger partial charge is 0.445 e. The SMILES string of the molecule is CN(C#N)C(=O)[C@@H]1CCCC[C@H]1NC(=O)OCc1ccccc1. The van der Waals surface area contributed by atoms with E-state index in [9.17, 15) is 9.59 Å². The van der Waals surface area contributed by atoms with Crippen LogP contribution in [0.15, 0.2) is 30.3 Å². The van der Waals surface area contributed by atoms with Gasteiger partial charge in [0.05, 0.1) is 5.92 Å². The maximum absolute atomic E-state index is 12.2. The number of hydrogen-bond acceptors (Lipinski definition) is 4. The van der Waals surface area contributed by atoms with Crippen LogP contribution in [-0.2, 0) is 16.1 Å². The van der Waals surface area contributed by atoms with E-state index >= 15 is 0 Å². The van der Waals surface area contributed by atoms with Crippen molar-refractivity contribution in [2.75, 3.05) is 7.05 Å². The van der Waals surface area contributed by atoms with Crippen molar-refractivity contribution in [3.05, 3.63) is 35.9 Å². The van der Waals surface area contributed by atoms with Gasteiger partial charge in [-0.2, -0.15) is 5.26 Å². The normalized spacial score (nSPS) is 20.2. The van der Waals surface area contributed by atoms with Crippen LogP contribution in [0.4, 0.5) is 4.79 Å². The first-order valence-electron chi connectivity index (χ1n) is 7.76. The summed E-state index contributed by atoms with van der Waals surface area (Å²) >= 11 is 0. The molecule has 1 N–H and O–H groups in total. The van der Waals surface area contributed by atoms with Crippen molar-refractivity contribution >= 4 is 12.0 Å². The molecule has 1 aliphatic carbocycles. The highest BCUT2D eigenvalue weighted by Gasteiger charge is 2.34. The van der Waals surface area contributed by atoms with Gasteiger partial charge in [0.1, 0.15) is 6.61 Å². The van der Waals surface area contributed by atoms with Gasteiger partial charge < -0.3 is 10.1 Å². The third-order valence-corrected chi connectivity index (χ3v) is 4.08. The van der Waals surface area contributed by atoms with E-state index in [0.717, 1.165) is 29.7 Å². The fraction of sp³-hybridized carbons (Fsp3) is 0.471. The van der Waals surface area contributed by atoms with Crippen molar-refractivity contribution in [3.63, 3.8) is 0 Å². The standard InChI is InChI=1S/C17H21N3O3/c1-20(12-18)16(21)14-9-5-6-10-15(14)19-17(22)23-11-13-7-3-2-4-8-13/h2-4,7-8,14-15H,5-6,9-11H2,1H3,(H,19,22)/t14-,15-/m1/s1. The summed E-state index contributed by atoms with van der Waals surface area (Å²) in [6, 6.07) is 9.13. The second kappa shape index (κ2) is 8.18. The number of nitrogens with zero attached hydrogens (tertiary/aromatic N) is 2. The Labute approximate surface area is 136 Å². The summed E-state index contributed by atoms with van der Waals surface area (Å²) in [6.07, 6.45) is 4.56. The summed E-state index contributed by atoms with van der Waals surface area (Å²) in [5.41, 5.74) is 0.906. The van der Waals surface area contributed by atoms with Crippen molar-refractivity contribution in [1.29, 1.82) is 5.26 Å². The molecule has 1 aromatic rings. The molecule has 0 radical (unpaired) electrons. The van der Waals surface area contributed by atoms with Crippen LogP contribution >= 0.6 is 0 Å². The minimum absolute atomic E-state index is 0.191. The molecule has 0 aliphatic heterocycles. The maximum Gasteiger partial charge on any atom is 0.407 e. The first-order chi connectivity index (χ1) is 11.1. The van der Waals surface area contributed by atoms with E-state index in [2.05, 4.69) is 5.32 Å². The van der Waals surface area contributed by atoms with Crippen molar-refractivity contribution in [1.82, 2.24) is 10.2 Å². The second-order valence-corrected chi connectivity index (χ2v) is 5.70. The van der Waals surface area contributed by atoms with E-state index in [1.165, 1.54) is 7.05 Å². The zero-order valence-corrected chi connectivity index (χ0v) is 13.2. The third-order valence-electron chi connectivity index (χ3n) is 4.08. The molecule has 23 heavy (non-hydrogen) atoms. The highest BCUT2D eigenvalue weighted by Crippen LogP contribution is 2.26. The van der Waals surface area contributed by atoms with Crippen molar-refractivity contribution < 1.29 is 14.3 Å². The van der Waals surface area contributed by atoms with Crippen LogP contribution in [0, 0.1) is 17.4 Å². The Kier molecular flexibility index (Phi) is 5.98. The van der Waals surface area contributed by atoms with Crippen molar-refractivity contribution in [3.8, 4) is 6.19 Å². The van der Waals surface area contributed by atoms with Crippen LogP contribution in [0.1, 0.15) is 31.2 Å². The zero-order chi connectivity index (χ0) is 16.7. The number of nitriles is 1. The minimum atomic E-state index is -0.529. The van der Waals surface area contributed by atoms with Gasteiger partial charge in [0.15, 0.2) is 6.19 Å². The third kappa shape index (κ3) is 4.71. The molecule has 2 amide bonds. The molecule has 6 nitrogen and oxygen atoms in total. The Bertz CT molecular complexity index is 582. The van der Waals surface area contributed by atoms with Crippen LogP contribution in [0.2, 0.25) is 0 Å². The van der Waals surface area contributed by atoms with Gasteiger partial charge in [-0.05, 0) is 18.4 Å². The molecule has 6 heteroatoms. The number of alkyl carbamates (subject to hydrolysis) is 1. The molecule has 0 unspecified atom stereocenters. The summed E-state index contributed by atoms with van der Waals surface area (Å²) in [6.45, 7) is 0.191. The predicted molar refractivity (Wildman–Crippen MR) is 83.9 cm³/mol. The van der Waals surface area contributed by atoms with Gasteiger partial charge in [-0.1, -0.05) is 43.2 Å². The Balaban J connectivity index is 1.89. The molecule has 0 aromatic heterocycles. The van der Waals surface area contributed by atoms with Gasteiger partial charge in [0.2, 0.25) is 5.91 Å². The number of carbonyl (C=O) groups is 2. The van der Waals surface area contributed by atoms with Gasteiger partial charge in [-0.3, -0.25) is 9.69 Å². The Morgan fingerprint density at radius 2 is 2.00 bits per heavy atom. The number of carbonyl (C=O) groups excluding carboxylic acids is 2. The van der Waals surface area contributed by atoms with E-state index in [-0.39, 0.29) is 24.5 Å². The molecule has 1 saturated carbocycles. The molecule has 0 heterocycles. The molecule has 122 valence electrons. The van der Waals surface area contributed by atoms with E-state index < -0.39 is 6.09 Å². The molecule has 2 rings (SSSR count). The van der Waals surface area contributed by atoms with Crippen LogP contribution in [0.3, 0.4) is 0 Å². The Hall–Kier alpha value is -2.55. The molecule has 2 atom stereocenters. The number of amides is 2. The summed E-state index contributed by atoms with van der Waals surface area (Å²) in [4.78, 5) is 25.2. The Morgan fingerprint density at radius 1 is 1.30 bits per heavy atom. The lowest BCUT2D eigenvalue weighted by atomic mass is 9.83. The van der Waals surface area contributed by atoms with E-state index in [1.807, 2.05) is 36.5 Å². The van der Waals surface area contributed by atoms with Gasteiger partial charge in [-0.25, -0.2) is 4.79 Å². The molecule has 1 aromatic carbocycles. The van der Waals surface area contributed by atoms with E-state index in [0.29, 0.717) is 6.42 Å². The number of nitrogens with one attached hydrogen (secondary N) is 1. The number of ether oxygens (including phenoxy) is 1. The molecule has 0 spiro atoms. The summed E-state index contributed by atoms with van der Waals surface area (Å²) in [7, 11) is 1.45. The molecule has 0 bridgehead atoms. The average Bonchev–Trinajstić information content (AvgIpc) is 2.60. The zero-order valence-electron chi connectivity index (χ0n) is 13.2. The fourth-order valence-corrected chi connectivity index (χ4v) is 2.81. The lowest BCUT2D eigenvalue weighted by Gasteiger charge is -2.31. The van der Waals surface area contributed by atoms with Crippen molar-refractivity contribution in [2.24, 2.45) is 5.92 Å². The lowest BCUT2D eigenvalue weighted by molar-refractivity contribution is -0.133. The highest BCUT2D eigenvalue weighted by molar-refractivity contribution is 5.81. The first-order valence-corrected chi connectivity index (χ1v) is 7.76. The van der Waals surface area contributed by atoms with Crippen molar-refractivity contribution in [2.45, 2.75) is 38.3 Å². The summed E-state index contributed by atoms with van der Waals surface area (Å²) in [5, 5.41) is 11.6. The van der Waals surface area contributed by atoms with E-state index in [4.69, 9.17) is 10.00 Å². The van der Waals surface area contributed by atoms with Crippen LogP contribution < -0.4 is 5.32 Å². The van der Waals surface area contributed by atoms with Crippen LogP contribution in [-0.4, -0.2) is 30.0 Å².